The van der Waals surface area contributed by atoms with Crippen molar-refractivity contribution in [2.45, 2.75) is 12.8 Å². The third-order valence-electron chi connectivity index (χ3n) is 4.61. The zero-order chi connectivity index (χ0) is 18.5. The number of benzene rings is 2. The molecule has 1 aliphatic heterocycles. The second-order valence-electron chi connectivity index (χ2n) is 6.49. The van der Waals surface area contributed by atoms with Gasteiger partial charge in [0, 0.05) is 23.7 Å². The molecule has 1 aliphatic rings. The molecule has 0 aliphatic carbocycles. The summed E-state index contributed by atoms with van der Waals surface area (Å²) in [6.45, 7) is 2.37. The van der Waals surface area contributed by atoms with E-state index in [9.17, 15) is 9.18 Å². The van der Waals surface area contributed by atoms with Gasteiger partial charge in [0.1, 0.15) is 5.75 Å². The van der Waals surface area contributed by atoms with Crippen LogP contribution < -0.4 is 10.1 Å². The molecule has 26 heavy (non-hydrogen) atoms. The molecule has 0 spiro atoms. The summed E-state index contributed by atoms with van der Waals surface area (Å²) in [4.78, 5) is 14.4. The van der Waals surface area contributed by atoms with E-state index in [0.29, 0.717) is 35.3 Å². The van der Waals surface area contributed by atoms with Gasteiger partial charge in [-0.1, -0.05) is 11.6 Å². The van der Waals surface area contributed by atoms with Gasteiger partial charge in [-0.3, -0.25) is 4.79 Å². The summed E-state index contributed by atoms with van der Waals surface area (Å²) in [5.74, 6) is 0.465. The Labute approximate surface area is 157 Å². The first-order valence-electron chi connectivity index (χ1n) is 8.73. The Bertz CT molecular complexity index is 759. The molecule has 1 saturated heterocycles. The molecule has 6 heteroatoms. The lowest BCUT2D eigenvalue weighted by molar-refractivity contribution is 0.0690. The largest absolute Gasteiger partial charge is 0.454 e. The Balaban J connectivity index is 1.65. The number of carbonyl (C=O) groups is 1. The van der Waals surface area contributed by atoms with E-state index >= 15 is 0 Å². The van der Waals surface area contributed by atoms with Crippen molar-refractivity contribution in [1.82, 2.24) is 10.2 Å². The lowest BCUT2D eigenvalue weighted by Crippen LogP contribution is -2.40. The number of nitrogens with one attached hydrogen (secondary N) is 1. The maximum Gasteiger partial charge on any atom is 0.253 e. The number of hydrogen-bond donors (Lipinski definition) is 1. The predicted molar refractivity (Wildman–Crippen MR) is 100 cm³/mol. The minimum Gasteiger partial charge on any atom is -0.454 e. The molecule has 0 atom stereocenters. The highest BCUT2D eigenvalue weighted by molar-refractivity contribution is 6.30. The fourth-order valence-corrected chi connectivity index (χ4v) is 3.28. The first-order chi connectivity index (χ1) is 12.6. The molecule has 0 radical (unpaired) electrons. The topological polar surface area (TPSA) is 41.6 Å². The number of hydrogen-bond acceptors (Lipinski definition) is 3. The van der Waals surface area contributed by atoms with E-state index in [1.165, 1.54) is 12.1 Å². The van der Waals surface area contributed by atoms with E-state index in [-0.39, 0.29) is 11.7 Å². The van der Waals surface area contributed by atoms with Crippen molar-refractivity contribution in [3.05, 3.63) is 58.9 Å². The van der Waals surface area contributed by atoms with Crippen molar-refractivity contribution < 1.29 is 13.9 Å². The zero-order valence-electron chi connectivity index (χ0n) is 14.7. The Morgan fingerprint density at radius 3 is 2.54 bits per heavy atom. The Morgan fingerprint density at radius 2 is 1.92 bits per heavy atom. The molecule has 138 valence electrons. The van der Waals surface area contributed by atoms with Gasteiger partial charge in [-0.2, -0.15) is 0 Å². The summed E-state index contributed by atoms with van der Waals surface area (Å²) >= 11 is 5.83. The Kier molecular flexibility index (Phi) is 6.12. The number of halogens is 2. The molecule has 0 unspecified atom stereocenters. The quantitative estimate of drug-likeness (QED) is 0.843. The van der Waals surface area contributed by atoms with E-state index in [1.807, 2.05) is 7.05 Å². The van der Waals surface area contributed by atoms with Gasteiger partial charge in [0.05, 0.1) is 0 Å². The molecule has 0 aromatic heterocycles. The standard InChI is InChI=1S/C20H22ClFN2O2/c1-23-13-14-8-10-24(11-9-14)20(25)15-2-7-19(18(22)12-15)26-17-5-3-16(21)4-6-17/h2-7,12,14,23H,8-11,13H2,1H3. The molecule has 1 N–H and O–H groups in total. The van der Waals surface area contributed by atoms with Gasteiger partial charge in [-0.15, -0.1) is 0 Å². The number of carbonyl (C=O) groups excluding carboxylic acids is 1. The van der Waals surface area contributed by atoms with Crippen molar-refractivity contribution in [2.24, 2.45) is 5.92 Å². The zero-order valence-corrected chi connectivity index (χ0v) is 15.4. The average molecular weight is 377 g/mol. The number of rotatable bonds is 5. The number of amides is 1. The van der Waals surface area contributed by atoms with Crippen LogP contribution in [0, 0.1) is 11.7 Å². The summed E-state index contributed by atoms with van der Waals surface area (Å²) in [6, 6.07) is 11.0. The van der Waals surface area contributed by atoms with E-state index < -0.39 is 5.82 Å². The van der Waals surface area contributed by atoms with Gasteiger partial charge in [0.2, 0.25) is 0 Å². The molecule has 3 rings (SSSR count). The fourth-order valence-electron chi connectivity index (χ4n) is 3.16. The van der Waals surface area contributed by atoms with Crippen LogP contribution in [-0.2, 0) is 0 Å². The van der Waals surface area contributed by atoms with Crippen LogP contribution >= 0.6 is 11.6 Å². The summed E-state index contributed by atoms with van der Waals surface area (Å²) in [7, 11) is 1.94. The van der Waals surface area contributed by atoms with Crippen LogP contribution in [0.4, 0.5) is 4.39 Å². The van der Waals surface area contributed by atoms with Crippen LogP contribution in [0.2, 0.25) is 5.02 Å². The third-order valence-corrected chi connectivity index (χ3v) is 4.87. The minimum atomic E-state index is -0.559. The molecular weight excluding hydrogens is 355 g/mol. The van der Waals surface area contributed by atoms with E-state index in [2.05, 4.69) is 5.32 Å². The van der Waals surface area contributed by atoms with E-state index in [0.717, 1.165) is 19.4 Å². The van der Waals surface area contributed by atoms with Gasteiger partial charge in [-0.05, 0) is 74.8 Å². The normalized spacial score (nSPS) is 15.1. The van der Waals surface area contributed by atoms with Crippen molar-refractivity contribution in [2.75, 3.05) is 26.7 Å². The Morgan fingerprint density at radius 1 is 1.23 bits per heavy atom. The van der Waals surface area contributed by atoms with Gasteiger partial charge in [0.25, 0.3) is 5.91 Å². The monoisotopic (exact) mass is 376 g/mol. The van der Waals surface area contributed by atoms with Gasteiger partial charge < -0.3 is 15.0 Å². The molecule has 1 heterocycles. The molecule has 2 aromatic carbocycles. The van der Waals surface area contributed by atoms with Crippen LogP contribution in [0.15, 0.2) is 42.5 Å². The minimum absolute atomic E-state index is 0.0802. The summed E-state index contributed by atoms with van der Waals surface area (Å²) in [5.41, 5.74) is 0.345. The molecule has 0 bridgehead atoms. The maximum absolute atomic E-state index is 14.4. The van der Waals surface area contributed by atoms with Gasteiger partial charge in [0.15, 0.2) is 11.6 Å². The van der Waals surface area contributed by atoms with Crippen LogP contribution in [-0.4, -0.2) is 37.5 Å². The van der Waals surface area contributed by atoms with Crippen molar-refractivity contribution in [1.29, 1.82) is 0 Å². The van der Waals surface area contributed by atoms with Crippen LogP contribution in [0.25, 0.3) is 0 Å². The van der Waals surface area contributed by atoms with E-state index in [1.54, 1.807) is 35.2 Å². The fraction of sp³-hybridized carbons (Fsp3) is 0.350. The van der Waals surface area contributed by atoms with Crippen LogP contribution in [0.1, 0.15) is 23.2 Å². The molecule has 1 amide bonds. The lowest BCUT2D eigenvalue weighted by atomic mass is 9.96. The predicted octanol–water partition coefficient (Wildman–Crippen LogP) is 4.34. The van der Waals surface area contributed by atoms with Crippen LogP contribution in [0.3, 0.4) is 0 Å². The summed E-state index contributed by atoms with van der Waals surface area (Å²) < 4.78 is 19.9. The highest BCUT2D eigenvalue weighted by Crippen LogP contribution is 2.27. The number of piperidine rings is 1. The van der Waals surface area contributed by atoms with Crippen molar-refractivity contribution in [3.8, 4) is 11.5 Å². The van der Waals surface area contributed by atoms with E-state index in [4.69, 9.17) is 16.3 Å². The van der Waals surface area contributed by atoms with Gasteiger partial charge in [-0.25, -0.2) is 4.39 Å². The molecule has 1 fully saturated rings. The highest BCUT2D eigenvalue weighted by atomic mass is 35.5. The van der Waals surface area contributed by atoms with Gasteiger partial charge >= 0.3 is 0 Å². The second-order valence-corrected chi connectivity index (χ2v) is 6.93. The average Bonchev–Trinajstić information content (AvgIpc) is 2.65. The number of ether oxygens (including phenoxy) is 1. The van der Waals surface area contributed by atoms with Crippen molar-refractivity contribution >= 4 is 17.5 Å². The lowest BCUT2D eigenvalue weighted by Gasteiger charge is -2.32. The highest BCUT2D eigenvalue weighted by Gasteiger charge is 2.24. The van der Waals surface area contributed by atoms with Crippen molar-refractivity contribution in [3.63, 3.8) is 0 Å². The second kappa shape index (κ2) is 8.52. The summed E-state index contributed by atoms with van der Waals surface area (Å²) in [5, 5.41) is 3.76. The van der Waals surface area contributed by atoms with Crippen LogP contribution in [0.5, 0.6) is 11.5 Å². The Hall–Kier alpha value is -2.11. The first-order valence-corrected chi connectivity index (χ1v) is 9.11. The maximum atomic E-state index is 14.4. The molecule has 0 saturated carbocycles. The summed E-state index contributed by atoms with van der Waals surface area (Å²) in [6.07, 6.45) is 1.93. The molecule has 2 aromatic rings. The number of nitrogens with zero attached hydrogens (tertiary/aromatic N) is 1. The molecule has 4 nitrogen and oxygen atoms in total. The smallest absolute Gasteiger partial charge is 0.253 e. The SMILES string of the molecule is CNCC1CCN(C(=O)c2ccc(Oc3ccc(Cl)cc3)c(F)c2)CC1. The number of likely N-dealkylation sites (tertiary alicyclic amines) is 1. The third kappa shape index (κ3) is 4.54. The molecular formula is C20H22ClFN2O2. The first kappa shape index (κ1) is 18.7.